The summed E-state index contributed by atoms with van der Waals surface area (Å²) >= 11 is 0. The lowest BCUT2D eigenvalue weighted by Gasteiger charge is -2.32. The second-order valence-electron chi connectivity index (χ2n) is 4.76. The van der Waals surface area contributed by atoms with Crippen LogP contribution >= 0.6 is 0 Å². The highest BCUT2D eigenvalue weighted by Crippen LogP contribution is 2.29. The smallest absolute Gasteiger partial charge is 0.158 e. The lowest BCUT2D eigenvalue weighted by Crippen LogP contribution is -2.33. The van der Waals surface area contributed by atoms with Crippen LogP contribution in [-0.2, 0) is 15.1 Å². The fourth-order valence-electron chi connectivity index (χ4n) is 2.02. The van der Waals surface area contributed by atoms with Gasteiger partial charge < -0.3 is 9.47 Å². The summed E-state index contributed by atoms with van der Waals surface area (Å²) in [6.45, 7) is 4.35. The van der Waals surface area contributed by atoms with Crippen LogP contribution < -0.4 is 0 Å². The third-order valence-electron chi connectivity index (χ3n) is 2.89. The Bertz CT molecular complexity index is 375. The summed E-state index contributed by atoms with van der Waals surface area (Å²) in [4.78, 5) is 4.06. The third kappa shape index (κ3) is 3.01. The van der Waals surface area contributed by atoms with Gasteiger partial charge in [-0.2, -0.15) is 0 Å². The third-order valence-corrected chi connectivity index (χ3v) is 2.89. The van der Waals surface area contributed by atoms with Gasteiger partial charge in [-0.3, -0.25) is 4.98 Å². The van der Waals surface area contributed by atoms with Gasteiger partial charge in [0.1, 0.15) is 17.1 Å². The second-order valence-corrected chi connectivity index (χ2v) is 4.76. The predicted molar refractivity (Wildman–Crippen MR) is 61.9 cm³/mol. The molecule has 1 atom stereocenters. The Morgan fingerprint density at radius 1 is 1.47 bits per heavy atom. The molecule has 2 rings (SSSR count). The molecule has 0 aromatic carbocycles. The van der Waals surface area contributed by atoms with E-state index in [-0.39, 0.29) is 12.1 Å². The van der Waals surface area contributed by atoms with E-state index in [9.17, 15) is 4.39 Å². The number of pyridine rings is 1. The molecule has 0 bridgehead atoms. The van der Waals surface area contributed by atoms with Gasteiger partial charge in [0.2, 0.25) is 0 Å². The van der Waals surface area contributed by atoms with Crippen LogP contribution in [0, 0.1) is 5.82 Å². The number of ether oxygens (including phenoxy) is 2. The summed E-state index contributed by atoms with van der Waals surface area (Å²) in [6, 6.07) is 2.97. The number of hydrogen-bond acceptors (Lipinski definition) is 3. The molecular formula is C13H18FNO2. The molecule has 1 aliphatic heterocycles. The highest BCUT2D eigenvalue weighted by atomic mass is 19.1. The lowest BCUT2D eigenvalue weighted by atomic mass is 10.0. The molecule has 17 heavy (non-hydrogen) atoms. The van der Waals surface area contributed by atoms with Gasteiger partial charge in [0.25, 0.3) is 0 Å². The van der Waals surface area contributed by atoms with Crippen LogP contribution in [0.15, 0.2) is 18.3 Å². The largest absolute Gasteiger partial charge is 0.353 e. The molecule has 1 saturated heterocycles. The Morgan fingerprint density at radius 3 is 2.94 bits per heavy atom. The van der Waals surface area contributed by atoms with Crippen LogP contribution in [0.1, 0.15) is 38.8 Å². The Morgan fingerprint density at radius 2 is 2.29 bits per heavy atom. The van der Waals surface area contributed by atoms with Gasteiger partial charge in [-0.15, -0.1) is 0 Å². The number of nitrogens with zero attached hydrogens (tertiary/aromatic N) is 1. The SMILES string of the molecule is CC(C)(OC1CCCCO1)c1ncccc1F. The molecule has 4 heteroatoms. The molecular weight excluding hydrogens is 221 g/mol. The summed E-state index contributed by atoms with van der Waals surface area (Å²) in [7, 11) is 0. The van der Waals surface area contributed by atoms with Crippen LogP contribution in [0.3, 0.4) is 0 Å². The molecule has 1 fully saturated rings. The Balaban J connectivity index is 2.10. The van der Waals surface area contributed by atoms with E-state index in [1.54, 1.807) is 12.3 Å². The van der Waals surface area contributed by atoms with Gasteiger partial charge in [0, 0.05) is 12.8 Å². The summed E-state index contributed by atoms with van der Waals surface area (Å²) < 4.78 is 25.0. The maximum atomic E-state index is 13.7. The molecule has 0 spiro atoms. The van der Waals surface area contributed by atoms with Crippen LogP contribution in [-0.4, -0.2) is 17.9 Å². The van der Waals surface area contributed by atoms with Crippen LogP contribution in [0.5, 0.6) is 0 Å². The van der Waals surface area contributed by atoms with E-state index in [2.05, 4.69) is 4.98 Å². The van der Waals surface area contributed by atoms with Crippen LogP contribution in [0.2, 0.25) is 0 Å². The number of aromatic nitrogens is 1. The Kier molecular flexibility index (Phi) is 3.74. The molecule has 1 aromatic rings. The monoisotopic (exact) mass is 239 g/mol. The number of rotatable bonds is 3. The lowest BCUT2D eigenvalue weighted by molar-refractivity contribution is -0.220. The molecule has 1 aromatic heterocycles. The van der Waals surface area contributed by atoms with Crippen molar-refractivity contribution < 1.29 is 13.9 Å². The maximum absolute atomic E-state index is 13.7. The molecule has 0 radical (unpaired) electrons. The highest BCUT2D eigenvalue weighted by molar-refractivity contribution is 5.13. The summed E-state index contributed by atoms with van der Waals surface area (Å²) in [5.41, 5.74) is -0.443. The van der Waals surface area contributed by atoms with Crippen LogP contribution in [0.4, 0.5) is 4.39 Å². The topological polar surface area (TPSA) is 31.4 Å². The quantitative estimate of drug-likeness (QED) is 0.812. The average Bonchev–Trinajstić information content (AvgIpc) is 2.30. The van der Waals surface area contributed by atoms with Crippen molar-refractivity contribution in [3.63, 3.8) is 0 Å². The Hall–Kier alpha value is -1.00. The summed E-state index contributed by atoms with van der Waals surface area (Å²) in [5, 5.41) is 0. The molecule has 3 nitrogen and oxygen atoms in total. The minimum atomic E-state index is -0.770. The second kappa shape index (κ2) is 5.10. The first-order valence-electron chi connectivity index (χ1n) is 6.00. The molecule has 2 heterocycles. The standard InChI is InChI=1S/C13H18FNO2/c1-13(2,12-10(14)6-5-8-15-12)17-11-7-3-4-9-16-11/h5-6,8,11H,3-4,7,9H2,1-2H3. The zero-order chi connectivity index (χ0) is 12.3. The van der Waals surface area contributed by atoms with Gasteiger partial charge in [0.15, 0.2) is 6.29 Å². The molecule has 94 valence electrons. The molecule has 0 N–H and O–H groups in total. The molecule has 1 unspecified atom stereocenters. The maximum Gasteiger partial charge on any atom is 0.158 e. The fraction of sp³-hybridized carbons (Fsp3) is 0.615. The van der Waals surface area contributed by atoms with E-state index in [0.717, 1.165) is 19.3 Å². The molecule has 0 amide bonds. The normalized spacial score (nSPS) is 21.5. The Labute approximate surface area is 101 Å². The van der Waals surface area contributed by atoms with Crippen LogP contribution in [0.25, 0.3) is 0 Å². The summed E-state index contributed by atoms with van der Waals surface area (Å²) in [6.07, 6.45) is 4.34. The number of hydrogen-bond donors (Lipinski definition) is 0. The first-order valence-corrected chi connectivity index (χ1v) is 6.00. The first kappa shape index (κ1) is 12.5. The predicted octanol–water partition coefficient (Wildman–Crippen LogP) is 3.00. The zero-order valence-corrected chi connectivity index (χ0v) is 10.3. The van der Waals surface area contributed by atoms with Gasteiger partial charge in [-0.05, 0) is 45.2 Å². The van der Waals surface area contributed by atoms with E-state index >= 15 is 0 Å². The van der Waals surface area contributed by atoms with E-state index in [4.69, 9.17) is 9.47 Å². The first-order chi connectivity index (χ1) is 8.09. The van der Waals surface area contributed by atoms with Gasteiger partial charge in [0.05, 0.1) is 0 Å². The van der Waals surface area contributed by atoms with E-state index in [1.807, 2.05) is 13.8 Å². The van der Waals surface area contributed by atoms with E-state index in [1.165, 1.54) is 6.07 Å². The van der Waals surface area contributed by atoms with Crippen molar-refractivity contribution in [1.29, 1.82) is 0 Å². The van der Waals surface area contributed by atoms with Gasteiger partial charge in [-0.25, -0.2) is 4.39 Å². The van der Waals surface area contributed by atoms with E-state index in [0.29, 0.717) is 12.3 Å². The minimum absolute atomic E-state index is 0.250. The average molecular weight is 239 g/mol. The molecule has 1 aliphatic rings. The van der Waals surface area contributed by atoms with Crippen molar-refractivity contribution in [2.24, 2.45) is 0 Å². The van der Waals surface area contributed by atoms with Crippen molar-refractivity contribution in [3.8, 4) is 0 Å². The van der Waals surface area contributed by atoms with Crippen molar-refractivity contribution in [2.45, 2.75) is 45.0 Å². The molecule has 0 saturated carbocycles. The minimum Gasteiger partial charge on any atom is -0.353 e. The van der Waals surface area contributed by atoms with Crippen molar-refractivity contribution >= 4 is 0 Å². The molecule has 0 aliphatic carbocycles. The van der Waals surface area contributed by atoms with E-state index < -0.39 is 5.60 Å². The van der Waals surface area contributed by atoms with Crippen molar-refractivity contribution in [3.05, 3.63) is 29.8 Å². The van der Waals surface area contributed by atoms with Crippen molar-refractivity contribution in [2.75, 3.05) is 6.61 Å². The number of halogens is 1. The zero-order valence-electron chi connectivity index (χ0n) is 10.3. The van der Waals surface area contributed by atoms with Gasteiger partial charge >= 0.3 is 0 Å². The van der Waals surface area contributed by atoms with Gasteiger partial charge in [-0.1, -0.05) is 0 Å². The van der Waals surface area contributed by atoms with Crippen molar-refractivity contribution in [1.82, 2.24) is 4.98 Å². The summed E-state index contributed by atoms with van der Waals surface area (Å²) in [5.74, 6) is -0.340. The fourth-order valence-corrected chi connectivity index (χ4v) is 2.02. The highest BCUT2D eigenvalue weighted by Gasteiger charge is 2.31.